The number of ether oxygens (including phenoxy) is 1. The van der Waals surface area contributed by atoms with E-state index in [1.165, 1.54) is 18.2 Å². The summed E-state index contributed by atoms with van der Waals surface area (Å²) in [6, 6.07) is 0. The lowest BCUT2D eigenvalue weighted by atomic mass is 10.1. The molecule has 0 aliphatic carbocycles. The minimum atomic E-state index is -0.604. The third-order valence-corrected chi connectivity index (χ3v) is 1.90. The van der Waals surface area contributed by atoms with Crippen LogP contribution in [0.4, 0.5) is 0 Å². The van der Waals surface area contributed by atoms with Crippen LogP contribution in [-0.2, 0) is 9.53 Å². The van der Waals surface area contributed by atoms with Gasteiger partial charge in [-0.1, -0.05) is 18.7 Å². The number of nitro groups is 1. The molecule has 0 N–H and O–H groups in total. The number of nitrogens with zero attached hydrogens (tertiary/aromatic N) is 1. The van der Waals surface area contributed by atoms with Gasteiger partial charge in [0, 0.05) is 11.6 Å². The van der Waals surface area contributed by atoms with Crippen molar-refractivity contribution in [1.82, 2.24) is 0 Å². The molecule has 0 aromatic rings. The first-order valence-electron chi connectivity index (χ1n) is 5.55. The summed E-state index contributed by atoms with van der Waals surface area (Å²) >= 11 is 0. The van der Waals surface area contributed by atoms with Crippen molar-refractivity contribution in [3.8, 4) is 0 Å². The Morgan fingerprint density at radius 3 is 2.33 bits per heavy atom. The second-order valence-corrected chi connectivity index (χ2v) is 4.62. The minimum Gasteiger partial charge on any atom is -0.460 e. The lowest BCUT2D eigenvalue weighted by molar-refractivity contribution is -0.421. The second-order valence-electron chi connectivity index (χ2n) is 4.62. The molecule has 0 aromatic carbocycles. The fraction of sp³-hybridized carbons (Fsp3) is 0.462. The maximum Gasteiger partial charge on any atom is 0.311 e. The Morgan fingerprint density at radius 1 is 1.44 bits per heavy atom. The highest BCUT2D eigenvalue weighted by Crippen LogP contribution is 2.18. The summed E-state index contributed by atoms with van der Waals surface area (Å²) in [6.45, 7) is 10.3. The molecular formula is C13H19NO4. The normalized spacial score (nSPS) is 13.1. The summed E-state index contributed by atoms with van der Waals surface area (Å²) in [7, 11) is 0. The van der Waals surface area contributed by atoms with Crippen LogP contribution in [0.2, 0.25) is 0 Å². The van der Waals surface area contributed by atoms with Crippen molar-refractivity contribution in [3.05, 3.63) is 46.2 Å². The molecule has 5 nitrogen and oxygen atoms in total. The van der Waals surface area contributed by atoms with E-state index in [4.69, 9.17) is 4.74 Å². The molecule has 0 bridgehead atoms. The van der Waals surface area contributed by atoms with Gasteiger partial charge in [-0.2, -0.15) is 0 Å². The molecular weight excluding hydrogens is 234 g/mol. The van der Waals surface area contributed by atoms with Crippen molar-refractivity contribution >= 4 is 5.97 Å². The summed E-state index contributed by atoms with van der Waals surface area (Å²) in [6.07, 6.45) is 3.98. The van der Waals surface area contributed by atoms with Crippen LogP contribution in [0.25, 0.3) is 0 Å². The molecule has 0 saturated heterocycles. The molecule has 0 aromatic heterocycles. The van der Waals surface area contributed by atoms with Gasteiger partial charge in [0.25, 0.3) is 5.70 Å². The molecule has 0 spiro atoms. The first-order chi connectivity index (χ1) is 8.21. The first-order valence-corrected chi connectivity index (χ1v) is 5.55. The van der Waals surface area contributed by atoms with Crippen LogP contribution in [0.3, 0.4) is 0 Å². The Balaban J connectivity index is 4.93. The number of hydrogen-bond donors (Lipinski definition) is 0. The predicted molar refractivity (Wildman–Crippen MR) is 69.5 cm³/mol. The van der Waals surface area contributed by atoms with Crippen molar-refractivity contribution < 1.29 is 14.5 Å². The smallest absolute Gasteiger partial charge is 0.311 e. The molecule has 18 heavy (non-hydrogen) atoms. The van der Waals surface area contributed by atoms with Gasteiger partial charge in [0.1, 0.15) is 5.60 Å². The highest BCUT2D eigenvalue weighted by Gasteiger charge is 2.22. The zero-order valence-corrected chi connectivity index (χ0v) is 11.2. The third-order valence-electron chi connectivity index (χ3n) is 1.90. The van der Waals surface area contributed by atoms with Crippen LogP contribution < -0.4 is 0 Å². The summed E-state index contributed by atoms with van der Waals surface area (Å²) in [4.78, 5) is 21.9. The zero-order valence-electron chi connectivity index (χ0n) is 11.2. The van der Waals surface area contributed by atoms with Gasteiger partial charge in [-0.25, -0.2) is 0 Å². The molecule has 0 atom stereocenters. The molecule has 0 aliphatic rings. The van der Waals surface area contributed by atoms with Gasteiger partial charge in [0.2, 0.25) is 0 Å². The third kappa shape index (κ3) is 5.98. The summed E-state index contributed by atoms with van der Waals surface area (Å²) < 4.78 is 5.12. The molecule has 100 valence electrons. The van der Waals surface area contributed by atoms with Crippen molar-refractivity contribution in [2.75, 3.05) is 0 Å². The van der Waals surface area contributed by atoms with Gasteiger partial charge in [-0.15, -0.1) is 0 Å². The van der Waals surface area contributed by atoms with Gasteiger partial charge >= 0.3 is 5.97 Å². The van der Waals surface area contributed by atoms with Crippen LogP contribution in [-0.4, -0.2) is 16.5 Å². The topological polar surface area (TPSA) is 69.4 Å². The SMILES string of the molecule is C=C/C=C(\C(=C/C)CC(=O)OC(C)(C)C)[N+](=O)[O-]. The van der Waals surface area contributed by atoms with Gasteiger partial charge in [0.15, 0.2) is 0 Å². The summed E-state index contributed by atoms with van der Waals surface area (Å²) in [5, 5.41) is 10.9. The highest BCUT2D eigenvalue weighted by molar-refractivity contribution is 5.74. The fourth-order valence-electron chi connectivity index (χ4n) is 1.27. The maximum atomic E-state index is 11.6. The Morgan fingerprint density at radius 2 is 2.00 bits per heavy atom. The standard InChI is InChI=1S/C13H19NO4/c1-6-8-11(14(16)17)10(7-2)9-12(15)18-13(3,4)5/h6-8H,1,9H2,2-5H3/b10-7-,11-8+. The van der Waals surface area contributed by atoms with Crippen molar-refractivity contribution in [2.24, 2.45) is 0 Å². The average molecular weight is 253 g/mol. The molecule has 0 rings (SSSR count). The molecule has 5 heteroatoms. The van der Waals surface area contributed by atoms with Crippen LogP contribution in [0.1, 0.15) is 34.1 Å². The van der Waals surface area contributed by atoms with E-state index in [0.717, 1.165) is 0 Å². The largest absolute Gasteiger partial charge is 0.460 e. The average Bonchev–Trinajstić information content (AvgIpc) is 2.20. The van der Waals surface area contributed by atoms with E-state index < -0.39 is 16.5 Å². The number of carbonyl (C=O) groups is 1. The highest BCUT2D eigenvalue weighted by atomic mass is 16.6. The number of rotatable bonds is 5. The summed E-state index contributed by atoms with van der Waals surface area (Å²) in [5.41, 5.74) is -0.431. The molecule has 0 amide bonds. The first kappa shape index (κ1) is 16.1. The van der Waals surface area contributed by atoms with E-state index in [2.05, 4.69) is 6.58 Å². The van der Waals surface area contributed by atoms with Gasteiger partial charge < -0.3 is 4.74 Å². The van der Waals surface area contributed by atoms with Crippen LogP contribution in [0.15, 0.2) is 36.1 Å². The maximum absolute atomic E-state index is 11.6. The molecule has 0 unspecified atom stereocenters. The minimum absolute atomic E-state index is 0.131. The number of esters is 1. The van der Waals surface area contributed by atoms with E-state index in [9.17, 15) is 14.9 Å². The lowest BCUT2D eigenvalue weighted by Crippen LogP contribution is -2.24. The Hall–Kier alpha value is -1.91. The van der Waals surface area contributed by atoms with E-state index in [-0.39, 0.29) is 12.1 Å². The Bertz CT molecular complexity index is 400. The van der Waals surface area contributed by atoms with Crippen molar-refractivity contribution in [2.45, 2.75) is 39.7 Å². The van der Waals surface area contributed by atoms with Crippen molar-refractivity contribution in [1.29, 1.82) is 0 Å². The monoisotopic (exact) mass is 253 g/mol. The van der Waals surface area contributed by atoms with E-state index in [1.54, 1.807) is 27.7 Å². The van der Waals surface area contributed by atoms with Gasteiger partial charge in [-0.05, 0) is 27.7 Å². The van der Waals surface area contributed by atoms with Crippen LogP contribution in [0.5, 0.6) is 0 Å². The van der Waals surface area contributed by atoms with Crippen LogP contribution >= 0.6 is 0 Å². The molecule has 0 radical (unpaired) electrons. The van der Waals surface area contributed by atoms with E-state index >= 15 is 0 Å². The van der Waals surface area contributed by atoms with E-state index in [0.29, 0.717) is 5.57 Å². The Labute approximate surface area is 107 Å². The molecule has 0 aliphatic heterocycles. The number of carbonyl (C=O) groups excluding carboxylic acids is 1. The molecule has 0 fully saturated rings. The Kier molecular flexibility index (Phi) is 6.02. The molecule has 0 heterocycles. The zero-order chi connectivity index (χ0) is 14.3. The van der Waals surface area contributed by atoms with Crippen molar-refractivity contribution in [3.63, 3.8) is 0 Å². The van der Waals surface area contributed by atoms with Gasteiger partial charge in [-0.3, -0.25) is 14.9 Å². The number of hydrogen-bond acceptors (Lipinski definition) is 4. The van der Waals surface area contributed by atoms with Crippen LogP contribution in [0, 0.1) is 10.1 Å². The van der Waals surface area contributed by atoms with Gasteiger partial charge in [0.05, 0.1) is 11.3 Å². The quantitative estimate of drug-likeness (QED) is 0.327. The second kappa shape index (κ2) is 6.74. The molecule has 0 saturated carbocycles. The van der Waals surface area contributed by atoms with E-state index in [1.807, 2.05) is 0 Å². The lowest BCUT2D eigenvalue weighted by Gasteiger charge is -2.19. The predicted octanol–water partition coefficient (Wildman–Crippen LogP) is 3.01. The fourth-order valence-corrected chi connectivity index (χ4v) is 1.27. The number of allylic oxidation sites excluding steroid dienone is 4. The summed E-state index contributed by atoms with van der Waals surface area (Å²) in [5.74, 6) is -0.493.